The Hall–Kier alpha value is -0.870. The molecule has 0 radical (unpaired) electrons. The molecule has 0 aliphatic heterocycles. The molecule has 76 valence electrons. The van der Waals surface area contributed by atoms with Gasteiger partial charge in [-0.2, -0.15) is 0 Å². The molecule has 0 aliphatic carbocycles. The van der Waals surface area contributed by atoms with Gasteiger partial charge in [0, 0.05) is 4.47 Å². The minimum atomic E-state index is -0.840. The third-order valence-corrected chi connectivity index (χ3v) is 2.41. The van der Waals surface area contributed by atoms with E-state index in [9.17, 15) is 4.79 Å². The van der Waals surface area contributed by atoms with Gasteiger partial charge in [0.25, 0.3) is 0 Å². The number of nitrogens with zero attached hydrogens (tertiary/aromatic N) is 1. The van der Waals surface area contributed by atoms with Crippen molar-refractivity contribution in [1.29, 1.82) is 0 Å². The first kappa shape index (κ1) is 11.2. The van der Waals surface area contributed by atoms with E-state index in [0.717, 1.165) is 10.0 Å². The second-order valence-corrected chi connectivity index (χ2v) is 4.18. The molecular weight excluding hydrogens is 246 g/mol. The Kier molecular flexibility index (Phi) is 3.66. The lowest BCUT2D eigenvalue weighted by Gasteiger charge is -2.20. The fraction of sp³-hybridized carbons (Fsp3) is 0.300. The molecule has 1 aromatic rings. The van der Waals surface area contributed by atoms with Crippen molar-refractivity contribution >= 4 is 21.9 Å². The molecule has 1 rings (SSSR count). The number of carbonyl (C=O) groups is 1. The molecule has 1 N–H and O–H groups in total. The molecule has 0 heterocycles. The normalized spacial score (nSPS) is 12.9. The van der Waals surface area contributed by atoms with Crippen molar-refractivity contribution in [2.45, 2.75) is 6.04 Å². The second-order valence-electron chi connectivity index (χ2n) is 3.26. The number of carboxylic acids is 1. The Morgan fingerprint density at radius 2 is 2.14 bits per heavy atom. The van der Waals surface area contributed by atoms with E-state index >= 15 is 0 Å². The molecular formula is C10H12BrNO2. The van der Waals surface area contributed by atoms with Crippen LogP contribution in [0, 0.1) is 0 Å². The first-order valence-electron chi connectivity index (χ1n) is 4.17. The van der Waals surface area contributed by atoms with Gasteiger partial charge >= 0.3 is 5.97 Å². The molecule has 0 aromatic heterocycles. The highest BCUT2D eigenvalue weighted by Crippen LogP contribution is 2.21. The average Bonchev–Trinajstić information content (AvgIpc) is 2.02. The number of benzene rings is 1. The molecule has 0 saturated carbocycles. The number of rotatable bonds is 3. The highest BCUT2D eigenvalue weighted by atomic mass is 79.9. The molecule has 0 fully saturated rings. The Bertz CT molecular complexity index is 339. The summed E-state index contributed by atoms with van der Waals surface area (Å²) in [7, 11) is 3.50. The topological polar surface area (TPSA) is 40.5 Å². The van der Waals surface area contributed by atoms with Crippen LogP contribution in [-0.4, -0.2) is 30.1 Å². The molecule has 0 bridgehead atoms. The minimum Gasteiger partial charge on any atom is -0.480 e. The molecule has 0 spiro atoms. The maximum Gasteiger partial charge on any atom is 0.325 e. The van der Waals surface area contributed by atoms with Gasteiger partial charge in [-0.1, -0.05) is 28.1 Å². The van der Waals surface area contributed by atoms with Gasteiger partial charge in [-0.3, -0.25) is 9.69 Å². The fourth-order valence-corrected chi connectivity index (χ4v) is 1.76. The summed E-state index contributed by atoms with van der Waals surface area (Å²) in [5.74, 6) is -0.840. The molecule has 3 nitrogen and oxygen atoms in total. The minimum absolute atomic E-state index is 0.590. The lowest BCUT2D eigenvalue weighted by molar-refractivity contribution is -0.142. The number of carboxylic acid groups (broad SMARTS) is 1. The molecule has 14 heavy (non-hydrogen) atoms. The van der Waals surface area contributed by atoms with Gasteiger partial charge in [0.15, 0.2) is 0 Å². The number of hydrogen-bond acceptors (Lipinski definition) is 2. The number of likely N-dealkylation sites (N-methyl/N-ethyl adjacent to an activating group) is 1. The summed E-state index contributed by atoms with van der Waals surface area (Å²) in [4.78, 5) is 12.7. The van der Waals surface area contributed by atoms with Crippen molar-refractivity contribution in [2.75, 3.05) is 14.1 Å². The zero-order chi connectivity index (χ0) is 10.7. The summed E-state index contributed by atoms with van der Waals surface area (Å²) >= 11 is 3.32. The molecule has 0 aliphatic rings. The van der Waals surface area contributed by atoms with Gasteiger partial charge in [-0.25, -0.2) is 0 Å². The van der Waals surface area contributed by atoms with E-state index in [1.165, 1.54) is 0 Å². The Morgan fingerprint density at radius 3 is 2.57 bits per heavy atom. The SMILES string of the molecule is CN(C)C(C(=O)O)c1cccc(Br)c1. The predicted octanol–water partition coefficient (Wildman–Crippen LogP) is 2.14. The van der Waals surface area contributed by atoms with Crippen LogP contribution in [0.1, 0.15) is 11.6 Å². The number of aliphatic carboxylic acids is 1. The van der Waals surface area contributed by atoms with Gasteiger partial charge in [-0.05, 0) is 31.8 Å². The molecule has 1 unspecified atom stereocenters. The molecule has 1 atom stereocenters. The Balaban J connectivity index is 3.05. The van der Waals surface area contributed by atoms with E-state index in [2.05, 4.69) is 15.9 Å². The molecule has 0 amide bonds. The highest BCUT2D eigenvalue weighted by Gasteiger charge is 2.21. The Morgan fingerprint density at radius 1 is 1.50 bits per heavy atom. The fourth-order valence-electron chi connectivity index (χ4n) is 1.34. The monoisotopic (exact) mass is 257 g/mol. The quantitative estimate of drug-likeness (QED) is 0.902. The summed E-state index contributed by atoms with van der Waals surface area (Å²) in [6, 6.07) is 6.74. The van der Waals surface area contributed by atoms with Crippen LogP contribution in [0.25, 0.3) is 0 Å². The number of hydrogen-bond donors (Lipinski definition) is 1. The van der Waals surface area contributed by atoms with Crippen LogP contribution in [0.5, 0.6) is 0 Å². The first-order chi connectivity index (χ1) is 6.52. The molecule has 4 heteroatoms. The predicted molar refractivity (Wildman–Crippen MR) is 58.2 cm³/mol. The van der Waals surface area contributed by atoms with Gasteiger partial charge < -0.3 is 5.11 Å². The number of halogens is 1. The summed E-state index contributed by atoms with van der Waals surface area (Å²) < 4.78 is 0.892. The molecule has 0 saturated heterocycles. The van der Waals surface area contributed by atoms with Crippen LogP contribution >= 0.6 is 15.9 Å². The van der Waals surface area contributed by atoms with E-state index in [1.807, 2.05) is 24.3 Å². The smallest absolute Gasteiger partial charge is 0.325 e. The second kappa shape index (κ2) is 4.57. The third-order valence-electron chi connectivity index (χ3n) is 1.91. The summed E-state index contributed by atoms with van der Waals surface area (Å²) in [5.41, 5.74) is 0.775. The molecule has 1 aromatic carbocycles. The van der Waals surface area contributed by atoms with Crippen LogP contribution < -0.4 is 0 Å². The summed E-state index contributed by atoms with van der Waals surface area (Å²) in [6.45, 7) is 0. The van der Waals surface area contributed by atoms with E-state index in [1.54, 1.807) is 19.0 Å². The first-order valence-corrected chi connectivity index (χ1v) is 4.96. The van der Waals surface area contributed by atoms with Crippen LogP contribution in [0.2, 0.25) is 0 Å². The largest absolute Gasteiger partial charge is 0.480 e. The van der Waals surface area contributed by atoms with E-state index < -0.39 is 12.0 Å². The summed E-state index contributed by atoms with van der Waals surface area (Å²) in [5, 5.41) is 9.03. The van der Waals surface area contributed by atoms with Crippen LogP contribution in [0.15, 0.2) is 28.7 Å². The van der Waals surface area contributed by atoms with Crippen molar-refractivity contribution < 1.29 is 9.90 Å². The van der Waals surface area contributed by atoms with E-state index in [4.69, 9.17) is 5.11 Å². The van der Waals surface area contributed by atoms with Crippen molar-refractivity contribution in [3.8, 4) is 0 Å². The van der Waals surface area contributed by atoms with E-state index in [-0.39, 0.29) is 0 Å². The van der Waals surface area contributed by atoms with Crippen molar-refractivity contribution in [3.05, 3.63) is 34.3 Å². The highest BCUT2D eigenvalue weighted by molar-refractivity contribution is 9.10. The third kappa shape index (κ3) is 2.56. The van der Waals surface area contributed by atoms with Crippen molar-refractivity contribution in [3.63, 3.8) is 0 Å². The van der Waals surface area contributed by atoms with Gasteiger partial charge in [0.1, 0.15) is 6.04 Å². The standard InChI is InChI=1S/C10H12BrNO2/c1-12(2)9(10(13)14)7-4-3-5-8(11)6-7/h3-6,9H,1-2H3,(H,13,14). The maximum atomic E-state index is 11.0. The lowest BCUT2D eigenvalue weighted by Crippen LogP contribution is -2.27. The van der Waals surface area contributed by atoms with Crippen LogP contribution in [0.4, 0.5) is 0 Å². The Labute approximate surface area is 91.5 Å². The van der Waals surface area contributed by atoms with Gasteiger partial charge in [0.2, 0.25) is 0 Å². The van der Waals surface area contributed by atoms with Crippen LogP contribution in [-0.2, 0) is 4.79 Å². The zero-order valence-corrected chi connectivity index (χ0v) is 9.65. The van der Waals surface area contributed by atoms with Gasteiger partial charge in [-0.15, -0.1) is 0 Å². The lowest BCUT2D eigenvalue weighted by atomic mass is 10.1. The zero-order valence-electron chi connectivity index (χ0n) is 8.07. The summed E-state index contributed by atoms with van der Waals surface area (Å²) in [6.07, 6.45) is 0. The van der Waals surface area contributed by atoms with Gasteiger partial charge in [0.05, 0.1) is 0 Å². The van der Waals surface area contributed by atoms with Crippen LogP contribution in [0.3, 0.4) is 0 Å². The maximum absolute atomic E-state index is 11.0. The van der Waals surface area contributed by atoms with E-state index in [0.29, 0.717) is 0 Å². The van der Waals surface area contributed by atoms with Crippen molar-refractivity contribution in [2.24, 2.45) is 0 Å². The average molecular weight is 258 g/mol. The van der Waals surface area contributed by atoms with Crippen molar-refractivity contribution in [1.82, 2.24) is 4.90 Å².